The second-order valence-electron chi connectivity index (χ2n) is 16.8. The van der Waals surface area contributed by atoms with Crippen LogP contribution in [0.4, 0.5) is 9.18 Å². The number of piperazine rings is 1. The van der Waals surface area contributed by atoms with Gasteiger partial charge in [-0.05, 0) is 57.6 Å². The number of nitrogens with zero attached hydrogens (tertiary/aromatic N) is 4. The van der Waals surface area contributed by atoms with Crippen LogP contribution in [0.3, 0.4) is 0 Å². The smallest absolute Gasteiger partial charge is 0.410 e. The van der Waals surface area contributed by atoms with Crippen molar-refractivity contribution in [3.8, 4) is 16.2 Å². The van der Waals surface area contributed by atoms with Gasteiger partial charge in [0.1, 0.15) is 36.1 Å². The Hall–Kier alpha value is -4.35. The van der Waals surface area contributed by atoms with Gasteiger partial charge in [-0.3, -0.25) is 24.1 Å². The van der Waals surface area contributed by atoms with Crippen LogP contribution in [0.15, 0.2) is 23.7 Å². The first-order chi connectivity index (χ1) is 26.2. The number of carbonyl (C=O) groups is 5. The van der Waals surface area contributed by atoms with Gasteiger partial charge < -0.3 is 39.8 Å². The Morgan fingerprint density at radius 2 is 1.79 bits per heavy atom. The second-order valence-corrected chi connectivity index (χ2v) is 17.6. The van der Waals surface area contributed by atoms with Crippen LogP contribution in [0.1, 0.15) is 72.1 Å². The van der Waals surface area contributed by atoms with Crippen LogP contribution in [0.25, 0.3) is 10.4 Å². The molecular weight excluding hydrogens is 748 g/mol. The van der Waals surface area contributed by atoms with Crippen molar-refractivity contribution in [1.29, 1.82) is 0 Å². The number of nitrogens with one attached hydrogen (secondary N) is 2. The number of hydrogen-bond acceptors (Lipinski definition) is 12. The van der Waals surface area contributed by atoms with Crippen molar-refractivity contribution >= 4 is 41.1 Å². The Kier molecular flexibility index (Phi) is 13.0. The fraction of sp³-hybridized carbons (Fsp3) is 0.641. The number of esters is 1. The molecule has 3 heterocycles. The van der Waals surface area contributed by atoms with Crippen LogP contribution in [0, 0.1) is 12.3 Å². The Labute approximate surface area is 331 Å². The number of thiazole rings is 1. The number of alkyl halides is 1. The molecule has 0 unspecified atom stereocenters. The van der Waals surface area contributed by atoms with Crippen molar-refractivity contribution in [2.24, 2.45) is 5.41 Å². The number of likely N-dealkylation sites (tertiary alicyclic amines) is 1. The van der Waals surface area contributed by atoms with E-state index in [4.69, 9.17) is 14.2 Å². The van der Waals surface area contributed by atoms with E-state index < -0.39 is 70.7 Å². The Morgan fingerprint density at radius 1 is 1.07 bits per heavy atom. The molecule has 3 N–H and O–H groups in total. The summed E-state index contributed by atoms with van der Waals surface area (Å²) in [6.07, 6.45) is -1.30. The standard InChI is InChI=1S/C39H55FN6O9S/c1-23-30(56-22-42-23)24-9-10-25(29(17-24)54-16-15-44-13-14-45(21-28(44)34(50)53-8)36(52)55-38(5,6)7)19-41-32(48)27-18-26(47)20-46(27)33(49)31(37(2,3)4)43-35(51)39(40)11-12-39/h9-10,17,22,26-28,31,47H,11-16,18-21H2,1-8H3,(H,41,48)(H,43,51)/t26-,27+,28+,31-/m1/s1. The number of aromatic nitrogens is 1. The van der Waals surface area contributed by atoms with E-state index >= 15 is 0 Å². The first-order valence-corrected chi connectivity index (χ1v) is 19.8. The van der Waals surface area contributed by atoms with Crippen LogP contribution in [0.2, 0.25) is 0 Å². The third-order valence-electron chi connectivity index (χ3n) is 10.1. The lowest BCUT2D eigenvalue weighted by Gasteiger charge is -2.40. The third-order valence-corrected chi connectivity index (χ3v) is 11.1. The van der Waals surface area contributed by atoms with Gasteiger partial charge in [-0.25, -0.2) is 14.2 Å². The summed E-state index contributed by atoms with van der Waals surface area (Å²) in [5.41, 5.74) is 0.617. The molecule has 3 aliphatic rings. The summed E-state index contributed by atoms with van der Waals surface area (Å²) in [6, 6.07) is 2.72. The molecule has 1 aliphatic carbocycles. The maximum absolute atomic E-state index is 14.6. The highest BCUT2D eigenvalue weighted by Crippen LogP contribution is 2.40. The van der Waals surface area contributed by atoms with Crippen molar-refractivity contribution in [3.63, 3.8) is 0 Å². The first kappa shape index (κ1) is 42.8. The molecule has 17 heteroatoms. The summed E-state index contributed by atoms with van der Waals surface area (Å²) in [7, 11) is 1.30. The number of methoxy groups -OCH3 is 1. The number of carbonyl (C=O) groups excluding carboxylic acids is 5. The van der Waals surface area contributed by atoms with E-state index in [1.165, 1.54) is 28.2 Å². The van der Waals surface area contributed by atoms with Gasteiger partial charge in [0.2, 0.25) is 11.8 Å². The normalized spacial score (nSPS) is 21.6. The number of aryl methyl sites for hydroxylation is 1. The lowest BCUT2D eigenvalue weighted by molar-refractivity contribution is -0.149. The zero-order chi connectivity index (χ0) is 41.2. The van der Waals surface area contributed by atoms with E-state index in [1.807, 2.05) is 30.0 Å². The number of amides is 4. The third kappa shape index (κ3) is 10.3. The predicted molar refractivity (Wildman–Crippen MR) is 205 cm³/mol. The molecule has 15 nitrogen and oxygen atoms in total. The number of hydrogen-bond donors (Lipinski definition) is 3. The van der Waals surface area contributed by atoms with Gasteiger partial charge in [0.05, 0.1) is 35.8 Å². The van der Waals surface area contributed by atoms with Crippen molar-refractivity contribution < 1.29 is 47.7 Å². The predicted octanol–water partition coefficient (Wildman–Crippen LogP) is 3.20. The number of aliphatic hydroxyl groups excluding tert-OH is 1. The SMILES string of the molecule is COC(=O)[C@@H]1CN(C(=O)OC(C)(C)C)CCN1CCOc1cc(-c2scnc2C)ccc1CNC(=O)[C@@H]1C[C@@H](O)CN1C(=O)[C@@H](NC(=O)C1(F)CC1)C(C)(C)C. The molecule has 4 atom stereocenters. The van der Waals surface area contributed by atoms with Gasteiger partial charge in [0.25, 0.3) is 5.91 Å². The molecule has 2 saturated heterocycles. The van der Waals surface area contributed by atoms with Gasteiger partial charge in [-0.15, -0.1) is 11.3 Å². The number of halogens is 1. The van der Waals surface area contributed by atoms with Gasteiger partial charge in [-0.2, -0.15) is 0 Å². The van der Waals surface area contributed by atoms with Gasteiger partial charge in [-0.1, -0.05) is 32.9 Å². The molecule has 308 valence electrons. The van der Waals surface area contributed by atoms with Crippen LogP contribution < -0.4 is 15.4 Å². The number of β-amino-alcohol motifs (C(OH)–C–C–N with tert-alkyl or cyclic N) is 1. The van der Waals surface area contributed by atoms with Gasteiger partial charge >= 0.3 is 12.1 Å². The number of aliphatic hydroxyl groups is 1. The first-order valence-electron chi connectivity index (χ1n) is 18.9. The van der Waals surface area contributed by atoms with E-state index in [0.717, 1.165) is 16.1 Å². The van der Waals surface area contributed by atoms with Gasteiger partial charge in [0.15, 0.2) is 5.67 Å². The van der Waals surface area contributed by atoms with E-state index in [2.05, 4.69) is 15.6 Å². The molecule has 2 aliphatic heterocycles. The summed E-state index contributed by atoms with van der Waals surface area (Å²) >= 11 is 1.48. The lowest BCUT2D eigenvalue weighted by atomic mass is 9.85. The maximum atomic E-state index is 14.6. The highest BCUT2D eigenvalue weighted by atomic mass is 32.1. The molecular formula is C39H55FN6O9S. The molecule has 2 aromatic rings. The van der Waals surface area contributed by atoms with Crippen LogP contribution in [-0.4, -0.2) is 137 Å². The minimum absolute atomic E-state index is 0.00900. The summed E-state index contributed by atoms with van der Waals surface area (Å²) < 4.78 is 31.5. The minimum Gasteiger partial charge on any atom is -0.492 e. The molecule has 5 rings (SSSR count). The number of benzene rings is 1. The van der Waals surface area contributed by atoms with Crippen molar-refractivity contribution in [3.05, 3.63) is 35.0 Å². The van der Waals surface area contributed by atoms with E-state index in [1.54, 1.807) is 47.1 Å². The van der Waals surface area contributed by atoms with E-state index in [-0.39, 0.29) is 45.5 Å². The van der Waals surface area contributed by atoms with E-state index in [0.29, 0.717) is 30.9 Å². The second kappa shape index (κ2) is 17.0. The molecule has 0 bridgehead atoms. The summed E-state index contributed by atoms with van der Waals surface area (Å²) in [5.74, 6) is -1.93. The fourth-order valence-electron chi connectivity index (χ4n) is 6.79. The minimum atomic E-state index is -1.99. The van der Waals surface area contributed by atoms with E-state index in [9.17, 15) is 33.5 Å². The van der Waals surface area contributed by atoms with Crippen molar-refractivity contribution in [2.75, 3.05) is 46.4 Å². The van der Waals surface area contributed by atoms with Crippen LogP contribution in [-0.2, 0) is 35.2 Å². The average Bonchev–Trinajstić information content (AvgIpc) is 3.54. The number of rotatable bonds is 12. The highest BCUT2D eigenvalue weighted by Gasteiger charge is 2.53. The lowest BCUT2D eigenvalue weighted by Crippen LogP contribution is -2.59. The van der Waals surface area contributed by atoms with Crippen molar-refractivity contribution in [1.82, 2.24) is 30.3 Å². The molecule has 56 heavy (non-hydrogen) atoms. The zero-order valence-corrected chi connectivity index (χ0v) is 34.3. The largest absolute Gasteiger partial charge is 0.492 e. The quantitative estimate of drug-likeness (QED) is 0.269. The van der Waals surface area contributed by atoms with Crippen molar-refractivity contribution in [2.45, 2.75) is 110 Å². The maximum Gasteiger partial charge on any atom is 0.410 e. The molecule has 1 saturated carbocycles. The Bertz CT molecular complexity index is 1790. The average molecular weight is 803 g/mol. The monoisotopic (exact) mass is 802 g/mol. The Balaban J connectivity index is 1.29. The molecule has 1 aromatic carbocycles. The summed E-state index contributed by atoms with van der Waals surface area (Å²) in [4.78, 5) is 75.9. The Morgan fingerprint density at radius 3 is 2.39 bits per heavy atom. The molecule has 1 aromatic heterocycles. The summed E-state index contributed by atoms with van der Waals surface area (Å²) in [5, 5.41) is 16.1. The fourth-order valence-corrected chi connectivity index (χ4v) is 7.59. The van der Waals surface area contributed by atoms with Gasteiger partial charge in [0, 0.05) is 44.7 Å². The van der Waals surface area contributed by atoms with Crippen LogP contribution in [0.5, 0.6) is 5.75 Å². The molecule has 0 radical (unpaired) electrons. The molecule has 4 amide bonds. The molecule has 3 fully saturated rings. The van der Waals surface area contributed by atoms with Crippen LogP contribution >= 0.6 is 11.3 Å². The zero-order valence-electron chi connectivity index (χ0n) is 33.5. The topological polar surface area (TPSA) is 180 Å². The highest BCUT2D eigenvalue weighted by molar-refractivity contribution is 7.13. The summed E-state index contributed by atoms with van der Waals surface area (Å²) in [6.45, 7) is 13.7. The molecule has 0 spiro atoms. The number of ether oxygens (including phenoxy) is 3.